The van der Waals surface area contributed by atoms with Gasteiger partial charge in [-0.1, -0.05) is 19.1 Å². The number of nitrogens with one attached hydrogen (secondary N) is 1. The van der Waals surface area contributed by atoms with Crippen LogP contribution < -0.4 is 11.0 Å². The quantitative estimate of drug-likeness (QED) is 0.878. The van der Waals surface area contributed by atoms with Crippen molar-refractivity contribution in [2.45, 2.75) is 45.4 Å². The number of imidazole rings is 1. The third-order valence-corrected chi connectivity index (χ3v) is 4.22. The summed E-state index contributed by atoms with van der Waals surface area (Å²) in [4.78, 5) is 24.8. The summed E-state index contributed by atoms with van der Waals surface area (Å²) < 4.78 is 8.79. The molecule has 6 heteroatoms. The lowest BCUT2D eigenvalue weighted by Crippen LogP contribution is -2.36. The van der Waals surface area contributed by atoms with Gasteiger partial charge in [-0.05, 0) is 31.4 Å². The molecular weight excluding hydrogens is 294 g/mol. The molecule has 1 aromatic carbocycles. The molecular formula is C17H23N3O3. The predicted octanol–water partition coefficient (Wildman–Crippen LogP) is 1.51. The second-order valence-corrected chi connectivity index (χ2v) is 5.95. The Morgan fingerprint density at radius 3 is 2.70 bits per heavy atom. The van der Waals surface area contributed by atoms with Crippen molar-refractivity contribution in [2.24, 2.45) is 0 Å². The van der Waals surface area contributed by atoms with E-state index >= 15 is 0 Å². The topological polar surface area (TPSA) is 65.3 Å². The van der Waals surface area contributed by atoms with Gasteiger partial charge in [-0.2, -0.15) is 0 Å². The summed E-state index contributed by atoms with van der Waals surface area (Å²) in [6.07, 6.45) is 3.01. The average molecular weight is 317 g/mol. The maximum absolute atomic E-state index is 12.6. The van der Waals surface area contributed by atoms with E-state index in [0.717, 1.165) is 36.9 Å². The number of hydrogen-bond donors (Lipinski definition) is 1. The molecule has 1 saturated heterocycles. The van der Waals surface area contributed by atoms with E-state index in [9.17, 15) is 9.59 Å². The van der Waals surface area contributed by atoms with Crippen LogP contribution >= 0.6 is 0 Å². The van der Waals surface area contributed by atoms with Crippen molar-refractivity contribution in [3.63, 3.8) is 0 Å². The van der Waals surface area contributed by atoms with Crippen molar-refractivity contribution in [1.29, 1.82) is 0 Å². The van der Waals surface area contributed by atoms with Gasteiger partial charge in [0.15, 0.2) is 0 Å². The number of amides is 1. The van der Waals surface area contributed by atoms with Crippen LogP contribution in [0.5, 0.6) is 0 Å². The lowest BCUT2D eigenvalue weighted by atomic mass is 10.2. The number of ether oxygens (including phenoxy) is 1. The molecule has 1 aliphatic heterocycles. The van der Waals surface area contributed by atoms with Crippen LogP contribution in [0.4, 0.5) is 0 Å². The summed E-state index contributed by atoms with van der Waals surface area (Å²) in [6, 6.07) is 7.61. The first-order valence-electron chi connectivity index (χ1n) is 8.27. The summed E-state index contributed by atoms with van der Waals surface area (Å²) in [7, 11) is 0. The van der Waals surface area contributed by atoms with Crippen molar-refractivity contribution in [1.82, 2.24) is 14.5 Å². The number of fused-ring (bicyclic) bond motifs is 1. The molecule has 1 amide bonds. The Balaban J connectivity index is 1.77. The standard InChI is InChI=1S/C17H23N3O3/c1-2-9-19-14-7-3-4-8-15(14)20(17(19)22)12-16(21)18-11-13-6-5-10-23-13/h3-4,7-8,13H,2,5-6,9-12H2,1H3,(H,18,21)/t13-/m0/s1. The van der Waals surface area contributed by atoms with Crippen LogP contribution in [0.1, 0.15) is 26.2 Å². The third kappa shape index (κ3) is 3.32. The summed E-state index contributed by atoms with van der Waals surface area (Å²) in [5.41, 5.74) is 1.56. The van der Waals surface area contributed by atoms with E-state index in [0.29, 0.717) is 13.1 Å². The lowest BCUT2D eigenvalue weighted by Gasteiger charge is -2.11. The fourth-order valence-corrected chi connectivity index (χ4v) is 3.10. The molecule has 1 N–H and O–H groups in total. The van der Waals surface area contributed by atoms with Crippen LogP contribution in [0.25, 0.3) is 11.0 Å². The predicted molar refractivity (Wildman–Crippen MR) is 88.5 cm³/mol. The Kier molecular flexibility index (Phi) is 4.81. The van der Waals surface area contributed by atoms with Gasteiger partial charge in [-0.25, -0.2) is 4.79 Å². The Labute approximate surface area is 135 Å². The fraction of sp³-hybridized carbons (Fsp3) is 0.529. The second kappa shape index (κ2) is 7.00. The van der Waals surface area contributed by atoms with E-state index in [-0.39, 0.29) is 24.2 Å². The summed E-state index contributed by atoms with van der Waals surface area (Å²) in [6.45, 7) is 4.02. The van der Waals surface area contributed by atoms with Crippen LogP contribution in [-0.2, 0) is 22.6 Å². The van der Waals surface area contributed by atoms with Gasteiger partial charge in [0.05, 0.1) is 17.1 Å². The monoisotopic (exact) mass is 317 g/mol. The van der Waals surface area contributed by atoms with Gasteiger partial charge in [-0.3, -0.25) is 13.9 Å². The Morgan fingerprint density at radius 2 is 2.04 bits per heavy atom. The number of carbonyl (C=O) groups is 1. The van der Waals surface area contributed by atoms with Gasteiger partial charge in [0.1, 0.15) is 6.54 Å². The summed E-state index contributed by atoms with van der Waals surface area (Å²) in [5, 5.41) is 2.87. The van der Waals surface area contributed by atoms with Crippen LogP contribution in [0.15, 0.2) is 29.1 Å². The van der Waals surface area contributed by atoms with Gasteiger partial charge in [0.25, 0.3) is 0 Å². The number of para-hydroxylation sites is 2. The van der Waals surface area contributed by atoms with E-state index in [1.807, 2.05) is 31.2 Å². The largest absolute Gasteiger partial charge is 0.376 e. The van der Waals surface area contributed by atoms with E-state index < -0.39 is 0 Å². The molecule has 3 rings (SSSR count). The van der Waals surface area contributed by atoms with Crippen molar-refractivity contribution in [3.8, 4) is 0 Å². The molecule has 0 aliphatic carbocycles. The maximum atomic E-state index is 12.6. The summed E-state index contributed by atoms with van der Waals surface area (Å²) in [5.74, 6) is -0.151. The first-order chi connectivity index (χ1) is 11.2. The van der Waals surface area contributed by atoms with Crippen LogP contribution in [0.3, 0.4) is 0 Å². The SMILES string of the molecule is CCCn1c(=O)n(CC(=O)NC[C@@H]2CCCO2)c2ccccc21. The number of hydrogen-bond acceptors (Lipinski definition) is 3. The number of benzene rings is 1. The van der Waals surface area contributed by atoms with Crippen LogP contribution in [0.2, 0.25) is 0 Å². The van der Waals surface area contributed by atoms with E-state index in [1.165, 1.54) is 0 Å². The molecule has 2 aromatic rings. The van der Waals surface area contributed by atoms with Crippen LogP contribution in [-0.4, -0.2) is 34.3 Å². The molecule has 124 valence electrons. The molecule has 1 aliphatic rings. The summed E-state index contributed by atoms with van der Waals surface area (Å²) >= 11 is 0. The number of aryl methyl sites for hydroxylation is 1. The van der Waals surface area contributed by atoms with E-state index in [2.05, 4.69) is 5.32 Å². The molecule has 0 radical (unpaired) electrons. The Morgan fingerprint density at radius 1 is 1.30 bits per heavy atom. The molecule has 1 fully saturated rings. The highest BCUT2D eigenvalue weighted by Crippen LogP contribution is 2.13. The normalized spacial score (nSPS) is 17.7. The molecule has 6 nitrogen and oxygen atoms in total. The second-order valence-electron chi connectivity index (χ2n) is 5.95. The number of aromatic nitrogens is 2. The fourth-order valence-electron chi connectivity index (χ4n) is 3.10. The Bertz CT molecular complexity index is 741. The van der Waals surface area contributed by atoms with Crippen molar-refractivity contribution >= 4 is 16.9 Å². The van der Waals surface area contributed by atoms with Gasteiger partial charge in [0.2, 0.25) is 5.91 Å². The maximum Gasteiger partial charge on any atom is 0.329 e. The molecule has 1 aromatic heterocycles. The molecule has 0 bridgehead atoms. The highest BCUT2D eigenvalue weighted by Gasteiger charge is 2.18. The van der Waals surface area contributed by atoms with Gasteiger partial charge in [-0.15, -0.1) is 0 Å². The minimum absolute atomic E-state index is 0.0444. The molecule has 1 atom stereocenters. The Hall–Kier alpha value is -2.08. The minimum Gasteiger partial charge on any atom is -0.376 e. The number of rotatable bonds is 6. The lowest BCUT2D eigenvalue weighted by molar-refractivity contribution is -0.122. The van der Waals surface area contributed by atoms with E-state index in [1.54, 1.807) is 9.13 Å². The van der Waals surface area contributed by atoms with Gasteiger partial charge < -0.3 is 10.1 Å². The molecule has 2 heterocycles. The van der Waals surface area contributed by atoms with Gasteiger partial charge in [0, 0.05) is 19.7 Å². The molecule has 0 saturated carbocycles. The minimum atomic E-state index is -0.151. The highest BCUT2D eigenvalue weighted by atomic mass is 16.5. The smallest absolute Gasteiger partial charge is 0.329 e. The zero-order chi connectivity index (χ0) is 16.2. The van der Waals surface area contributed by atoms with Gasteiger partial charge >= 0.3 is 5.69 Å². The van der Waals surface area contributed by atoms with E-state index in [4.69, 9.17) is 4.74 Å². The number of carbonyl (C=O) groups excluding carboxylic acids is 1. The van der Waals surface area contributed by atoms with Crippen molar-refractivity contribution < 1.29 is 9.53 Å². The van der Waals surface area contributed by atoms with Crippen molar-refractivity contribution in [3.05, 3.63) is 34.7 Å². The molecule has 0 spiro atoms. The van der Waals surface area contributed by atoms with Crippen molar-refractivity contribution in [2.75, 3.05) is 13.2 Å². The van der Waals surface area contributed by atoms with Crippen LogP contribution in [0, 0.1) is 0 Å². The molecule has 23 heavy (non-hydrogen) atoms. The highest BCUT2D eigenvalue weighted by molar-refractivity contribution is 5.80. The third-order valence-electron chi connectivity index (χ3n) is 4.22. The zero-order valence-corrected chi connectivity index (χ0v) is 13.5. The average Bonchev–Trinajstić information content (AvgIpc) is 3.16. The zero-order valence-electron chi connectivity index (χ0n) is 13.5. The first-order valence-corrected chi connectivity index (χ1v) is 8.27. The number of nitrogens with zero attached hydrogens (tertiary/aromatic N) is 2. The molecule has 0 unspecified atom stereocenters. The first kappa shape index (κ1) is 15.8.